The fraction of sp³-hybridized carbons (Fsp3) is 0.0588. The molecule has 0 aliphatic heterocycles. The monoisotopic (exact) mass is 299 g/mol. The molecular weight excluding hydrogens is 285 g/mol. The lowest BCUT2D eigenvalue weighted by Gasteiger charge is -2.06. The van der Waals surface area contributed by atoms with Crippen LogP contribution in [0.3, 0.4) is 0 Å². The zero-order valence-corrected chi connectivity index (χ0v) is 11.8. The highest BCUT2D eigenvalue weighted by atomic mass is 19.1. The van der Waals surface area contributed by atoms with Crippen LogP contribution in [0, 0.1) is 12.7 Å². The molecule has 5 heteroatoms. The van der Waals surface area contributed by atoms with Crippen LogP contribution in [0.25, 0.3) is 6.08 Å². The minimum atomic E-state index is -1.27. The average Bonchev–Trinajstić information content (AvgIpc) is 2.49. The van der Waals surface area contributed by atoms with E-state index in [2.05, 4.69) is 5.32 Å². The van der Waals surface area contributed by atoms with Crippen molar-refractivity contribution in [2.75, 3.05) is 0 Å². The van der Waals surface area contributed by atoms with E-state index in [1.54, 1.807) is 24.3 Å². The number of aryl methyl sites for hydroxylation is 1. The SMILES string of the molecule is Cc1ccc(C(=O)N/C(=C\c2ccc(F)cc2)C(=O)O)cc1. The van der Waals surface area contributed by atoms with Crippen molar-refractivity contribution < 1.29 is 19.1 Å². The lowest BCUT2D eigenvalue weighted by atomic mass is 10.1. The van der Waals surface area contributed by atoms with E-state index in [-0.39, 0.29) is 5.70 Å². The van der Waals surface area contributed by atoms with Crippen LogP contribution in [0.1, 0.15) is 21.5 Å². The Morgan fingerprint density at radius 3 is 2.18 bits per heavy atom. The second kappa shape index (κ2) is 6.67. The van der Waals surface area contributed by atoms with E-state index in [4.69, 9.17) is 0 Å². The van der Waals surface area contributed by atoms with Crippen LogP contribution < -0.4 is 5.32 Å². The number of nitrogens with one attached hydrogen (secondary N) is 1. The summed E-state index contributed by atoms with van der Waals surface area (Å²) in [6.07, 6.45) is 1.27. The quantitative estimate of drug-likeness (QED) is 0.853. The van der Waals surface area contributed by atoms with Crippen molar-refractivity contribution in [1.82, 2.24) is 5.32 Å². The summed E-state index contributed by atoms with van der Waals surface area (Å²) in [6, 6.07) is 12.0. The third kappa shape index (κ3) is 4.02. The van der Waals surface area contributed by atoms with Crippen molar-refractivity contribution in [3.63, 3.8) is 0 Å². The van der Waals surface area contributed by atoms with E-state index >= 15 is 0 Å². The number of hydrogen-bond donors (Lipinski definition) is 2. The van der Waals surface area contributed by atoms with Gasteiger partial charge in [-0.2, -0.15) is 0 Å². The molecule has 0 fully saturated rings. The fourth-order valence-corrected chi connectivity index (χ4v) is 1.78. The second-order valence-electron chi connectivity index (χ2n) is 4.73. The number of hydrogen-bond acceptors (Lipinski definition) is 2. The number of rotatable bonds is 4. The lowest BCUT2D eigenvalue weighted by Crippen LogP contribution is -2.27. The van der Waals surface area contributed by atoms with E-state index in [1.165, 1.54) is 30.3 Å². The van der Waals surface area contributed by atoms with Crippen molar-refractivity contribution in [2.45, 2.75) is 6.92 Å². The highest BCUT2D eigenvalue weighted by molar-refractivity contribution is 6.02. The molecule has 4 nitrogen and oxygen atoms in total. The summed E-state index contributed by atoms with van der Waals surface area (Å²) in [5.41, 5.74) is 1.55. The first kappa shape index (κ1) is 15.4. The summed E-state index contributed by atoms with van der Waals surface area (Å²) in [6.45, 7) is 1.89. The molecule has 22 heavy (non-hydrogen) atoms. The average molecular weight is 299 g/mol. The van der Waals surface area contributed by atoms with Gasteiger partial charge in [0.05, 0.1) is 0 Å². The second-order valence-corrected chi connectivity index (χ2v) is 4.73. The molecule has 2 N–H and O–H groups in total. The summed E-state index contributed by atoms with van der Waals surface area (Å²) in [7, 11) is 0. The fourth-order valence-electron chi connectivity index (χ4n) is 1.78. The third-order valence-corrected chi connectivity index (χ3v) is 2.97. The molecule has 0 spiro atoms. The van der Waals surface area contributed by atoms with E-state index in [9.17, 15) is 19.1 Å². The van der Waals surface area contributed by atoms with E-state index in [0.717, 1.165) is 5.56 Å². The zero-order valence-electron chi connectivity index (χ0n) is 11.8. The molecule has 0 unspecified atom stereocenters. The maximum Gasteiger partial charge on any atom is 0.352 e. The van der Waals surface area contributed by atoms with Crippen LogP contribution in [-0.2, 0) is 4.79 Å². The molecule has 2 aromatic carbocycles. The molecule has 2 aromatic rings. The Hall–Kier alpha value is -2.95. The molecule has 0 atom stereocenters. The molecule has 0 aromatic heterocycles. The first-order valence-corrected chi connectivity index (χ1v) is 6.54. The summed E-state index contributed by atoms with van der Waals surface area (Å²) in [5, 5.41) is 11.5. The van der Waals surface area contributed by atoms with E-state index in [0.29, 0.717) is 11.1 Å². The van der Waals surface area contributed by atoms with Gasteiger partial charge in [0, 0.05) is 5.56 Å². The molecule has 0 bridgehead atoms. The summed E-state index contributed by atoms with van der Waals surface area (Å²) >= 11 is 0. The molecule has 0 saturated carbocycles. The van der Waals surface area contributed by atoms with Gasteiger partial charge in [-0.25, -0.2) is 9.18 Å². The highest BCUT2D eigenvalue weighted by Gasteiger charge is 2.13. The number of benzene rings is 2. The number of carbonyl (C=O) groups excluding carboxylic acids is 1. The number of aliphatic carboxylic acids is 1. The number of amides is 1. The molecular formula is C17H14FNO3. The Morgan fingerprint density at radius 1 is 1.05 bits per heavy atom. The van der Waals surface area contributed by atoms with E-state index < -0.39 is 17.7 Å². The number of carbonyl (C=O) groups is 2. The molecule has 0 aliphatic rings. The van der Waals surface area contributed by atoms with Gasteiger partial charge < -0.3 is 10.4 Å². The first-order chi connectivity index (χ1) is 10.5. The van der Waals surface area contributed by atoms with Crippen molar-refractivity contribution in [1.29, 1.82) is 0 Å². The number of halogens is 1. The Labute approximate surface area is 126 Å². The minimum absolute atomic E-state index is 0.280. The molecule has 2 rings (SSSR count). The van der Waals surface area contributed by atoms with Gasteiger partial charge in [-0.15, -0.1) is 0 Å². The summed E-state index contributed by atoms with van der Waals surface area (Å²) in [4.78, 5) is 23.3. The molecule has 0 aliphatic carbocycles. The van der Waals surface area contributed by atoms with Crippen molar-refractivity contribution in [3.05, 3.63) is 76.7 Å². The van der Waals surface area contributed by atoms with Crippen molar-refractivity contribution in [3.8, 4) is 0 Å². The van der Waals surface area contributed by atoms with Gasteiger partial charge in [0.15, 0.2) is 0 Å². The lowest BCUT2D eigenvalue weighted by molar-refractivity contribution is -0.132. The van der Waals surface area contributed by atoms with Crippen LogP contribution in [0.2, 0.25) is 0 Å². The molecule has 0 saturated heterocycles. The van der Waals surface area contributed by atoms with Gasteiger partial charge in [0.25, 0.3) is 5.91 Å². The number of carboxylic acid groups (broad SMARTS) is 1. The minimum Gasteiger partial charge on any atom is -0.477 e. The Balaban J connectivity index is 2.21. The van der Waals surface area contributed by atoms with Crippen LogP contribution in [0.5, 0.6) is 0 Å². The first-order valence-electron chi connectivity index (χ1n) is 6.54. The molecule has 0 radical (unpaired) electrons. The van der Waals surface area contributed by atoms with Gasteiger partial charge >= 0.3 is 5.97 Å². The van der Waals surface area contributed by atoms with Gasteiger partial charge in [-0.3, -0.25) is 4.79 Å². The van der Waals surface area contributed by atoms with Gasteiger partial charge in [0.2, 0.25) is 0 Å². The van der Waals surface area contributed by atoms with Crippen molar-refractivity contribution in [2.24, 2.45) is 0 Å². The van der Waals surface area contributed by atoms with Gasteiger partial charge in [-0.1, -0.05) is 29.8 Å². The molecule has 1 amide bonds. The predicted octanol–water partition coefficient (Wildman–Crippen LogP) is 2.99. The largest absolute Gasteiger partial charge is 0.477 e. The summed E-state index contributed by atoms with van der Waals surface area (Å²) < 4.78 is 12.8. The van der Waals surface area contributed by atoms with Crippen LogP contribution >= 0.6 is 0 Å². The van der Waals surface area contributed by atoms with Crippen LogP contribution in [0.4, 0.5) is 4.39 Å². The maximum absolute atomic E-state index is 12.8. The Morgan fingerprint density at radius 2 is 1.64 bits per heavy atom. The van der Waals surface area contributed by atoms with E-state index in [1.807, 2.05) is 6.92 Å². The molecule has 112 valence electrons. The summed E-state index contributed by atoms with van der Waals surface area (Å²) in [5.74, 6) is -2.21. The normalized spacial score (nSPS) is 11.1. The van der Waals surface area contributed by atoms with Crippen molar-refractivity contribution >= 4 is 18.0 Å². The predicted molar refractivity (Wildman–Crippen MR) is 80.7 cm³/mol. The Bertz CT molecular complexity index is 719. The zero-order chi connectivity index (χ0) is 16.1. The van der Waals surface area contributed by atoms with Crippen LogP contribution in [0.15, 0.2) is 54.2 Å². The maximum atomic E-state index is 12.8. The standard InChI is InChI=1S/C17H14FNO3/c1-11-2-6-13(7-3-11)16(20)19-15(17(21)22)10-12-4-8-14(18)9-5-12/h2-10H,1H3,(H,19,20)(H,21,22)/b15-10-. The third-order valence-electron chi connectivity index (χ3n) is 2.97. The molecule has 0 heterocycles. The smallest absolute Gasteiger partial charge is 0.352 e. The van der Waals surface area contributed by atoms with Gasteiger partial charge in [-0.05, 0) is 42.8 Å². The van der Waals surface area contributed by atoms with Crippen LogP contribution in [-0.4, -0.2) is 17.0 Å². The Kier molecular flexibility index (Phi) is 4.68. The van der Waals surface area contributed by atoms with Gasteiger partial charge in [0.1, 0.15) is 11.5 Å². The highest BCUT2D eigenvalue weighted by Crippen LogP contribution is 2.09. The number of carboxylic acids is 1. The topological polar surface area (TPSA) is 66.4 Å².